The lowest BCUT2D eigenvalue weighted by Gasteiger charge is -1.93. The van der Waals surface area contributed by atoms with Gasteiger partial charge in [-0.05, 0) is 6.08 Å². The summed E-state index contributed by atoms with van der Waals surface area (Å²) in [5, 5.41) is 24.2. The van der Waals surface area contributed by atoms with E-state index in [-0.39, 0.29) is 12.4 Å². The molecule has 0 atom stereocenters. The molecule has 0 aliphatic rings. The highest BCUT2D eigenvalue weighted by Gasteiger charge is 1.92. The molecule has 0 aliphatic carbocycles. The quantitative estimate of drug-likeness (QED) is 0.322. The second-order valence-electron chi connectivity index (χ2n) is 1.77. The van der Waals surface area contributed by atoms with Gasteiger partial charge in [0.15, 0.2) is 0 Å². The molecule has 3 heteroatoms. The van der Waals surface area contributed by atoms with Crippen LogP contribution in [0.2, 0.25) is 0 Å². The van der Waals surface area contributed by atoms with Crippen LogP contribution < -0.4 is 0 Å². The number of allylic oxidation sites excluding steroid dienone is 3. The molecule has 0 spiro atoms. The molecule has 0 aliphatic heterocycles. The molecule has 0 fully saturated rings. The standard InChI is InChI=1S/C8H11NO2/c1-2-8(11)7(6-9)4-3-5-10/h2-4,6,9-11H,1,5H2/b4-3-,8-7-,9-6?. The molecular formula is C8H11NO2. The van der Waals surface area contributed by atoms with Crippen LogP contribution in [-0.2, 0) is 0 Å². The van der Waals surface area contributed by atoms with Gasteiger partial charge in [0.05, 0.1) is 6.61 Å². The van der Waals surface area contributed by atoms with E-state index in [1.807, 2.05) is 0 Å². The summed E-state index contributed by atoms with van der Waals surface area (Å²) < 4.78 is 0. The van der Waals surface area contributed by atoms with Crippen molar-refractivity contribution in [2.24, 2.45) is 0 Å². The zero-order chi connectivity index (χ0) is 8.69. The van der Waals surface area contributed by atoms with Gasteiger partial charge in [0, 0.05) is 11.8 Å². The van der Waals surface area contributed by atoms with Crippen LogP contribution in [0.3, 0.4) is 0 Å². The Kier molecular flexibility index (Phi) is 4.77. The summed E-state index contributed by atoms with van der Waals surface area (Å²) in [6.07, 6.45) is 5.11. The highest BCUT2D eigenvalue weighted by atomic mass is 16.3. The Bertz CT molecular complexity index is 204. The highest BCUT2D eigenvalue weighted by molar-refractivity contribution is 5.81. The lowest BCUT2D eigenvalue weighted by molar-refractivity contribution is 0.342. The molecule has 0 rings (SSSR count). The van der Waals surface area contributed by atoms with Gasteiger partial charge in [-0.15, -0.1) is 0 Å². The minimum atomic E-state index is -0.109. The molecular weight excluding hydrogens is 142 g/mol. The Morgan fingerprint density at radius 2 is 2.18 bits per heavy atom. The van der Waals surface area contributed by atoms with E-state index in [1.165, 1.54) is 18.2 Å². The summed E-state index contributed by atoms with van der Waals surface area (Å²) in [5.41, 5.74) is 0.328. The minimum Gasteiger partial charge on any atom is -0.507 e. The first-order chi connectivity index (χ1) is 5.26. The largest absolute Gasteiger partial charge is 0.507 e. The van der Waals surface area contributed by atoms with Crippen molar-refractivity contribution < 1.29 is 10.2 Å². The smallest absolute Gasteiger partial charge is 0.123 e. The average molecular weight is 153 g/mol. The Morgan fingerprint density at radius 1 is 1.55 bits per heavy atom. The normalized spacial score (nSPS) is 12.8. The topological polar surface area (TPSA) is 64.3 Å². The van der Waals surface area contributed by atoms with Gasteiger partial charge < -0.3 is 15.6 Å². The fourth-order valence-corrected chi connectivity index (χ4v) is 0.505. The number of hydrogen-bond acceptors (Lipinski definition) is 3. The molecule has 0 unspecified atom stereocenters. The molecule has 3 nitrogen and oxygen atoms in total. The summed E-state index contributed by atoms with van der Waals surface area (Å²) >= 11 is 0. The third-order valence-electron chi connectivity index (χ3n) is 1.05. The minimum absolute atomic E-state index is 0.0651. The Hall–Kier alpha value is -1.35. The monoisotopic (exact) mass is 153 g/mol. The maximum absolute atomic E-state index is 9.02. The second-order valence-corrected chi connectivity index (χ2v) is 1.77. The molecule has 60 valence electrons. The van der Waals surface area contributed by atoms with Crippen LogP contribution in [0.25, 0.3) is 0 Å². The molecule has 0 radical (unpaired) electrons. The van der Waals surface area contributed by atoms with Gasteiger partial charge in [0.25, 0.3) is 0 Å². The zero-order valence-corrected chi connectivity index (χ0v) is 6.12. The Balaban J connectivity index is 4.51. The van der Waals surface area contributed by atoms with Crippen LogP contribution in [0, 0.1) is 5.41 Å². The van der Waals surface area contributed by atoms with Crippen LogP contribution in [0.1, 0.15) is 0 Å². The van der Waals surface area contributed by atoms with Gasteiger partial charge in [-0.3, -0.25) is 0 Å². The van der Waals surface area contributed by atoms with Crippen molar-refractivity contribution in [1.29, 1.82) is 5.41 Å². The van der Waals surface area contributed by atoms with E-state index in [0.717, 1.165) is 6.21 Å². The summed E-state index contributed by atoms with van der Waals surface area (Å²) in [6.45, 7) is 3.22. The van der Waals surface area contributed by atoms with Crippen LogP contribution in [0.15, 0.2) is 36.1 Å². The molecule has 3 N–H and O–H groups in total. The van der Waals surface area contributed by atoms with Crippen molar-refractivity contribution in [3.05, 3.63) is 36.1 Å². The third kappa shape index (κ3) is 3.37. The van der Waals surface area contributed by atoms with E-state index >= 15 is 0 Å². The molecule has 11 heavy (non-hydrogen) atoms. The zero-order valence-electron chi connectivity index (χ0n) is 6.12. The van der Waals surface area contributed by atoms with Crippen molar-refractivity contribution in [3.8, 4) is 0 Å². The predicted octanol–water partition coefficient (Wildman–Crippen LogP) is 1.18. The maximum atomic E-state index is 9.02. The van der Waals surface area contributed by atoms with E-state index < -0.39 is 0 Å². The van der Waals surface area contributed by atoms with Crippen LogP contribution in [0.4, 0.5) is 0 Å². The molecule has 0 aromatic heterocycles. The third-order valence-corrected chi connectivity index (χ3v) is 1.05. The van der Waals surface area contributed by atoms with Gasteiger partial charge in [0.1, 0.15) is 5.76 Å². The molecule has 0 heterocycles. The van der Waals surface area contributed by atoms with E-state index in [1.54, 1.807) is 0 Å². The number of aliphatic hydroxyl groups excluding tert-OH is 2. The van der Waals surface area contributed by atoms with Crippen LogP contribution in [0.5, 0.6) is 0 Å². The predicted molar refractivity (Wildman–Crippen MR) is 44.9 cm³/mol. The first-order valence-electron chi connectivity index (χ1n) is 3.09. The van der Waals surface area contributed by atoms with Gasteiger partial charge in [0.2, 0.25) is 0 Å². The van der Waals surface area contributed by atoms with Crippen LogP contribution in [-0.4, -0.2) is 23.0 Å². The SMILES string of the molecule is C=C/C(O)=C(C=N)\C=C/CO. The van der Waals surface area contributed by atoms with Gasteiger partial charge >= 0.3 is 0 Å². The van der Waals surface area contributed by atoms with Gasteiger partial charge in [-0.2, -0.15) is 0 Å². The number of aliphatic hydroxyl groups is 2. The van der Waals surface area contributed by atoms with E-state index in [2.05, 4.69) is 6.58 Å². The second kappa shape index (κ2) is 5.44. The van der Waals surface area contributed by atoms with Gasteiger partial charge in [-0.1, -0.05) is 18.7 Å². The lowest BCUT2D eigenvalue weighted by atomic mass is 10.2. The van der Waals surface area contributed by atoms with Crippen LogP contribution >= 0.6 is 0 Å². The highest BCUT2D eigenvalue weighted by Crippen LogP contribution is 2.00. The molecule has 0 bridgehead atoms. The molecule has 0 saturated carbocycles. The molecule has 0 aromatic rings. The first kappa shape index (κ1) is 9.65. The Labute approximate surface area is 65.5 Å². The van der Waals surface area contributed by atoms with Crippen molar-refractivity contribution >= 4 is 6.21 Å². The van der Waals surface area contributed by atoms with E-state index in [4.69, 9.17) is 15.6 Å². The average Bonchev–Trinajstić information content (AvgIpc) is 2.05. The molecule has 0 aromatic carbocycles. The van der Waals surface area contributed by atoms with Crippen molar-refractivity contribution in [1.82, 2.24) is 0 Å². The number of nitrogens with one attached hydrogen (secondary N) is 1. The number of hydrogen-bond donors (Lipinski definition) is 3. The maximum Gasteiger partial charge on any atom is 0.123 e. The van der Waals surface area contributed by atoms with Crippen molar-refractivity contribution in [3.63, 3.8) is 0 Å². The van der Waals surface area contributed by atoms with Crippen molar-refractivity contribution in [2.45, 2.75) is 0 Å². The summed E-state index contributed by atoms with van der Waals surface area (Å²) in [7, 11) is 0. The lowest BCUT2D eigenvalue weighted by Crippen LogP contribution is -1.86. The van der Waals surface area contributed by atoms with Crippen molar-refractivity contribution in [2.75, 3.05) is 6.61 Å². The van der Waals surface area contributed by atoms with Gasteiger partial charge in [-0.25, -0.2) is 0 Å². The molecule has 0 saturated heterocycles. The van der Waals surface area contributed by atoms with E-state index in [0.29, 0.717) is 5.57 Å². The fraction of sp³-hybridized carbons (Fsp3) is 0.125. The molecule has 0 amide bonds. The van der Waals surface area contributed by atoms with E-state index in [9.17, 15) is 0 Å². The summed E-state index contributed by atoms with van der Waals surface area (Å²) in [4.78, 5) is 0. The summed E-state index contributed by atoms with van der Waals surface area (Å²) in [5.74, 6) is -0.0651. The first-order valence-corrected chi connectivity index (χ1v) is 3.09. The number of rotatable bonds is 4. The fourth-order valence-electron chi connectivity index (χ4n) is 0.505. The Morgan fingerprint density at radius 3 is 2.55 bits per heavy atom. The summed E-state index contributed by atoms with van der Waals surface area (Å²) in [6, 6.07) is 0.